The van der Waals surface area contributed by atoms with Crippen molar-refractivity contribution in [3.05, 3.63) is 35.9 Å². The number of alkyl carbamates (subject to hydrolysis) is 1. The maximum Gasteiger partial charge on any atom is 0.407 e. The maximum atomic E-state index is 11.7. The lowest BCUT2D eigenvalue weighted by Crippen LogP contribution is -2.48. The van der Waals surface area contributed by atoms with Crippen molar-refractivity contribution in [2.45, 2.75) is 32.9 Å². The summed E-state index contributed by atoms with van der Waals surface area (Å²) in [6.07, 6.45) is -0.122. The van der Waals surface area contributed by atoms with Gasteiger partial charge in [0, 0.05) is 0 Å². The molecule has 7 heteroatoms. The third-order valence-electron chi connectivity index (χ3n) is 3.40. The molecular formula is C16H22N2O5. The van der Waals surface area contributed by atoms with E-state index in [0.717, 1.165) is 5.56 Å². The number of carbonyl (C=O) groups is 3. The zero-order valence-electron chi connectivity index (χ0n) is 13.2. The molecule has 0 aromatic heterocycles. The number of rotatable bonds is 8. The number of nitrogens with one attached hydrogen (secondary N) is 2. The van der Waals surface area contributed by atoms with Crippen LogP contribution in [0.2, 0.25) is 0 Å². The summed E-state index contributed by atoms with van der Waals surface area (Å²) in [7, 11) is 0. The Bertz CT molecular complexity index is 533. The lowest BCUT2D eigenvalue weighted by Gasteiger charge is -2.20. The summed E-state index contributed by atoms with van der Waals surface area (Å²) in [6.45, 7) is 3.33. The van der Waals surface area contributed by atoms with Crippen molar-refractivity contribution in [2.75, 3.05) is 6.54 Å². The molecule has 0 saturated heterocycles. The van der Waals surface area contributed by atoms with Gasteiger partial charge in [0.25, 0.3) is 0 Å². The molecule has 7 nitrogen and oxygen atoms in total. The Kier molecular flexibility index (Phi) is 7.59. The molecule has 2 amide bonds. The third-order valence-corrected chi connectivity index (χ3v) is 3.40. The van der Waals surface area contributed by atoms with E-state index in [1.807, 2.05) is 37.3 Å². The fourth-order valence-electron chi connectivity index (χ4n) is 1.83. The number of benzene rings is 1. The van der Waals surface area contributed by atoms with Crippen molar-refractivity contribution in [1.82, 2.24) is 10.6 Å². The first kappa shape index (κ1) is 18.5. The third kappa shape index (κ3) is 6.82. The number of carboxylic acids is 1. The van der Waals surface area contributed by atoms with Gasteiger partial charge in [-0.2, -0.15) is 0 Å². The highest BCUT2D eigenvalue weighted by molar-refractivity contribution is 5.86. The van der Waals surface area contributed by atoms with Crippen molar-refractivity contribution in [2.24, 2.45) is 5.92 Å². The van der Waals surface area contributed by atoms with Crippen LogP contribution in [0.15, 0.2) is 30.3 Å². The Labute approximate surface area is 135 Å². The molecule has 0 saturated carbocycles. The first-order valence-corrected chi connectivity index (χ1v) is 7.40. The number of hydrogen-bond acceptors (Lipinski definition) is 4. The van der Waals surface area contributed by atoms with E-state index < -0.39 is 24.0 Å². The second-order valence-corrected chi connectivity index (χ2v) is 5.18. The highest BCUT2D eigenvalue weighted by Gasteiger charge is 2.25. The minimum absolute atomic E-state index is 0.0961. The van der Waals surface area contributed by atoms with E-state index in [1.165, 1.54) is 0 Å². The minimum Gasteiger partial charge on any atom is -0.480 e. The standard InChI is InChI=1S/C16H22N2O5/c1-3-11(2)14(15(20)21)18-13(19)9-17-16(22)23-10-12-7-5-4-6-8-12/h4-8,11,14H,3,9-10H2,1-2H3,(H,17,22)(H,18,19)(H,20,21)/t11-,14-/m0/s1. The summed E-state index contributed by atoms with van der Waals surface area (Å²) >= 11 is 0. The zero-order valence-corrected chi connectivity index (χ0v) is 13.2. The van der Waals surface area contributed by atoms with Crippen LogP contribution in [0.5, 0.6) is 0 Å². The highest BCUT2D eigenvalue weighted by Crippen LogP contribution is 2.07. The predicted octanol–water partition coefficient (Wildman–Crippen LogP) is 1.53. The topological polar surface area (TPSA) is 105 Å². The van der Waals surface area contributed by atoms with Crippen LogP contribution in [0.25, 0.3) is 0 Å². The number of carbonyl (C=O) groups excluding carboxylic acids is 2. The fraction of sp³-hybridized carbons (Fsp3) is 0.438. The number of amides is 2. The molecule has 1 rings (SSSR count). The maximum absolute atomic E-state index is 11.7. The molecule has 0 aliphatic rings. The van der Waals surface area contributed by atoms with Crippen molar-refractivity contribution < 1.29 is 24.2 Å². The van der Waals surface area contributed by atoms with Crippen molar-refractivity contribution >= 4 is 18.0 Å². The van der Waals surface area contributed by atoms with Gasteiger partial charge < -0.3 is 20.5 Å². The van der Waals surface area contributed by atoms with Gasteiger partial charge in [0.15, 0.2) is 0 Å². The van der Waals surface area contributed by atoms with Crippen LogP contribution in [0.1, 0.15) is 25.8 Å². The van der Waals surface area contributed by atoms with Crippen LogP contribution >= 0.6 is 0 Å². The monoisotopic (exact) mass is 322 g/mol. The van der Waals surface area contributed by atoms with Crippen molar-refractivity contribution in [3.8, 4) is 0 Å². The quantitative estimate of drug-likeness (QED) is 0.673. The minimum atomic E-state index is -1.10. The molecule has 2 atom stereocenters. The second kappa shape index (κ2) is 9.45. The highest BCUT2D eigenvalue weighted by atomic mass is 16.5. The molecule has 0 radical (unpaired) electrons. The van der Waals surface area contributed by atoms with Gasteiger partial charge in [-0.3, -0.25) is 4.79 Å². The van der Waals surface area contributed by atoms with Crippen LogP contribution in [0, 0.1) is 5.92 Å². The van der Waals surface area contributed by atoms with E-state index in [0.29, 0.717) is 6.42 Å². The molecule has 0 aliphatic carbocycles. The van der Waals surface area contributed by atoms with Gasteiger partial charge in [0.1, 0.15) is 19.2 Å². The molecule has 0 spiro atoms. The summed E-state index contributed by atoms with van der Waals surface area (Å²) in [4.78, 5) is 34.3. The lowest BCUT2D eigenvalue weighted by atomic mass is 9.99. The van der Waals surface area contributed by atoms with Gasteiger partial charge in [-0.25, -0.2) is 9.59 Å². The average molecular weight is 322 g/mol. The van der Waals surface area contributed by atoms with Crippen molar-refractivity contribution in [1.29, 1.82) is 0 Å². The molecule has 0 heterocycles. The summed E-state index contributed by atoms with van der Waals surface area (Å²) in [6, 6.07) is 8.14. The Balaban J connectivity index is 2.34. The normalized spacial score (nSPS) is 12.8. The second-order valence-electron chi connectivity index (χ2n) is 5.18. The Morgan fingerprint density at radius 1 is 1.22 bits per heavy atom. The van der Waals surface area contributed by atoms with E-state index in [4.69, 9.17) is 9.84 Å². The lowest BCUT2D eigenvalue weighted by molar-refractivity contribution is -0.143. The van der Waals surface area contributed by atoms with Gasteiger partial charge in [-0.05, 0) is 11.5 Å². The van der Waals surface area contributed by atoms with Crippen LogP contribution in [-0.2, 0) is 20.9 Å². The van der Waals surface area contributed by atoms with Gasteiger partial charge >= 0.3 is 12.1 Å². The van der Waals surface area contributed by atoms with E-state index in [1.54, 1.807) is 6.92 Å². The van der Waals surface area contributed by atoms with Crippen molar-refractivity contribution in [3.63, 3.8) is 0 Å². The average Bonchev–Trinajstić information content (AvgIpc) is 2.55. The Morgan fingerprint density at radius 2 is 1.87 bits per heavy atom. The first-order valence-electron chi connectivity index (χ1n) is 7.40. The molecule has 126 valence electrons. The summed E-state index contributed by atoms with van der Waals surface area (Å²) in [5, 5.41) is 13.8. The molecule has 0 bridgehead atoms. The van der Waals surface area contributed by atoms with E-state index in [9.17, 15) is 14.4 Å². The molecule has 3 N–H and O–H groups in total. The number of carboxylic acid groups (broad SMARTS) is 1. The zero-order chi connectivity index (χ0) is 17.2. The predicted molar refractivity (Wildman–Crippen MR) is 83.7 cm³/mol. The first-order chi connectivity index (χ1) is 10.9. The van der Waals surface area contributed by atoms with E-state index in [2.05, 4.69) is 10.6 Å². The Hall–Kier alpha value is -2.57. The summed E-state index contributed by atoms with van der Waals surface area (Å²) < 4.78 is 4.95. The largest absolute Gasteiger partial charge is 0.480 e. The van der Waals surface area contributed by atoms with Crippen LogP contribution in [0.3, 0.4) is 0 Å². The molecule has 0 unspecified atom stereocenters. The Morgan fingerprint density at radius 3 is 2.43 bits per heavy atom. The molecule has 1 aromatic rings. The van der Waals surface area contributed by atoms with E-state index >= 15 is 0 Å². The molecule has 0 aliphatic heterocycles. The molecule has 1 aromatic carbocycles. The summed E-state index contributed by atoms with van der Waals surface area (Å²) in [5.74, 6) is -1.88. The van der Waals surface area contributed by atoms with E-state index in [-0.39, 0.29) is 19.1 Å². The smallest absolute Gasteiger partial charge is 0.407 e. The van der Waals surface area contributed by atoms with Gasteiger partial charge in [0.05, 0.1) is 0 Å². The number of hydrogen-bond donors (Lipinski definition) is 3. The number of ether oxygens (including phenoxy) is 1. The number of aliphatic carboxylic acids is 1. The van der Waals surface area contributed by atoms with Gasteiger partial charge in [-0.15, -0.1) is 0 Å². The van der Waals surface area contributed by atoms with Gasteiger partial charge in [0.2, 0.25) is 5.91 Å². The fourth-order valence-corrected chi connectivity index (χ4v) is 1.83. The molecule has 23 heavy (non-hydrogen) atoms. The molecular weight excluding hydrogens is 300 g/mol. The van der Waals surface area contributed by atoms with Gasteiger partial charge in [-0.1, -0.05) is 50.6 Å². The van der Waals surface area contributed by atoms with Crippen LogP contribution < -0.4 is 10.6 Å². The molecule has 0 fully saturated rings. The summed E-state index contributed by atoms with van der Waals surface area (Å²) in [5.41, 5.74) is 0.829. The van der Waals surface area contributed by atoms with Crippen LogP contribution in [0.4, 0.5) is 4.79 Å². The SMILES string of the molecule is CC[C@H](C)[C@H](NC(=O)CNC(=O)OCc1ccccc1)C(=O)O. The van der Waals surface area contributed by atoms with Crippen LogP contribution in [-0.4, -0.2) is 35.7 Å².